The van der Waals surface area contributed by atoms with Crippen LogP contribution in [0.5, 0.6) is 0 Å². The number of rotatable bonds is 5. The van der Waals surface area contributed by atoms with Gasteiger partial charge in [-0.15, -0.1) is 6.58 Å². The molecule has 3 rings (SSSR count). The molecule has 30 heavy (non-hydrogen) atoms. The number of nitrogens with one attached hydrogen (secondary N) is 1. The van der Waals surface area contributed by atoms with Crippen molar-refractivity contribution in [3.63, 3.8) is 0 Å². The van der Waals surface area contributed by atoms with Gasteiger partial charge in [-0.3, -0.25) is 0 Å². The number of urea groups is 1. The Balaban J connectivity index is 1.73. The molecule has 0 aromatic carbocycles. The molecular formula is C23H38N4O3. The average Bonchev–Trinajstić information content (AvgIpc) is 2.93. The molecule has 1 spiro atoms. The summed E-state index contributed by atoms with van der Waals surface area (Å²) >= 11 is 0. The van der Waals surface area contributed by atoms with Crippen LogP contribution in [0.2, 0.25) is 0 Å². The van der Waals surface area contributed by atoms with Crippen molar-refractivity contribution in [2.45, 2.75) is 95.7 Å². The van der Waals surface area contributed by atoms with Crippen molar-refractivity contribution >= 4 is 18.0 Å². The Morgan fingerprint density at radius 2 is 1.93 bits per heavy atom. The van der Waals surface area contributed by atoms with Crippen molar-refractivity contribution in [2.24, 2.45) is 4.99 Å². The summed E-state index contributed by atoms with van der Waals surface area (Å²) in [5.74, 6) is 0.821. The monoisotopic (exact) mass is 418 g/mol. The van der Waals surface area contributed by atoms with Gasteiger partial charge in [0.1, 0.15) is 17.0 Å². The second kappa shape index (κ2) is 9.40. The number of likely N-dealkylation sites (tertiary alicyclic amines) is 1. The zero-order valence-electron chi connectivity index (χ0n) is 18.9. The van der Waals surface area contributed by atoms with Crippen LogP contribution in [0.3, 0.4) is 0 Å². The van der Waals surface area contributed by atoms with Crippen LogP contribution in [0.4, 0.5) is 9.59 Å². The van der Waals surface area contributed by atoms with E-state index in [2.05, 4.69) is 16.9 Å². The molecule has 0 bridgehead atoms. The highest BCUT2D eigenvalue weighted by atomic mass is 16.6. The summed E-state index contributed by atoms with van der Waals surface area (Å²) in [5.41, 5.74) is -0.949. The molecule has 1 N–H and O–H groups in total. The molecule has 2 heterocycles. The first-order chi connectivity index (χ1) is 14.2. The normalized spacial score (nSPS) is 22.2. The highest BCUT2D eigenvalue weighted by molar-refractivity contribution is 6.07. The Bertz CT molecular complexity index is 668. The molecule has 0 aromatic rings. The number of hydrogen-bond acceptors (Lipinski definition) is 4. The summed E-state index contributed by atoms with van der Waals surface area (Å²) in [6.45, 7) is 11.2. The zero-order chi connectivity index (χ0) is 21.8. The first kappa shape index (κ1) is 22.6. The first-order valence-electron chi connectivity index (χ1n) is 11.5. The summed E-state index contributed by atoms with van der Waals surface area (Å²) < 4.78 is 5.55. The van der Waals surface area contributed by atoms with Crippen molar-refractivity contribution < 1.29 is 14.3 Å². The van der Waals surface area contributed by atoms with Gasteiger partial charge in [0.25, 0.3) is 0 Å². The van der Waals surface area contributed by atoms with Gasteiger partial charge in [-0.05, 0) is 59.3 Å². The van der Waals surface area contributed by atoms with E-state index in [1.54, 1.807) is 4.90 Å². The lowest BCUT2D eigenvalue weighted by atomic mass is 9.84. The second-order valence-electron chi connectivity index (χ2n) is 9.80. The maximum atomic E-state index is 12.9. The summed E-state index contributed by atoms with van der Waals surface area (Å²) in [5, 5.41) is 3.64. The van der Waals surface area contributed by atoms with E-state index in [4.69, 9.17) is 4.74 Å². The van der Waals surface area contributed by atoms with E-state index >= 15 is 0 Å². The quantitative estimate of drug-likeness (QED) is 0.528. The number of piperidine rings is 1. The molecule has 0 radical (unpaired) electrons. The van der Waals surface area contributed by atoms with E-state index in [0.29, 0.717) is 38.5 Å². The summed E-state index contributed by atoms with van der Waals surface area (Å²) in [6, 6.07) is 0.238. The predicted molar refractivity (Wildman–Crippen MR) is 119 cm³/mol. The van der Waals surface area contributed by atoms with Crippen molar-refractivity contribution in [1.29, 1.82) is 0 Å². The van der Waals surface area contributed by atoms with Crippen molar-refractivity contribution in [2.75, 3.05) is 19.6 Å². The minimum absolute atomic E-state index is 0.150. The highest BCUT2D eigenvalue weighted by Gasteiger charge is 2.51. The lowest BCUT2D eigenvalue weighted by molar-refractivity contribution is 0.0128. The molecule has 2 aliphatic heterocycles. The van der Waals surface area contributed by atoms with Crippen LogP contribution >= 0.6 is 0 Å². The number of carbonyl (C=O) groups is 2. The Hall–Kier alpha value is -2.05. The summed E-state index contributed by atoms with van der Waals surface area (Å²) in [7, 11) is 0. The van der Waals surface area contributed by atoms with Gasteiger partial charge in [-0.2, -0.15) is 4.99 Å². The van der Waals surface area contributed by atoms with Gasteiger partial charge in [0.05, 0.1) is 0 Å². The fourth-order valence-corrected chi connectivity index (χ4v) is 4.77. The predicted octanol–water partition coefficient (Wildman–Crippen LogP) is 4.48. The largest absolute Gasteiger partial charge is 0.444 e. The van der Waals surface area contributed by atoms with Gasteiger partial charge in [0, 0.05) is 25.7 Å². The van der Waals surface area contributed by atoms with Crippen LogP contribution in [-0.2, 0) is 4.74 Å². The van der Waals surface area contributed by atoms with Crippen LogP contribution in [0.1, 0.15) is 78.6 Å². The van der Waals surface area contributed by atoms with E-state index in [0.717, 1.165) is 31.5 Å². The summed E-state index contributed by atoms with van der Waals surface area (Å²) in [6.07, 6.45) is 10.7. The number of nitrogens with zero attached hydrogens (tertiary/aromatic N) is 3. The number of aliphatic imine (C=N–C) groups is 1. The average molecular weight is 419 g/mol. The molecular weight excluding hydrogens is 380 g/mol. The van der Waals surface area contributed by atoms with Crippen molar-refractivity contribution in [3.8, 4) is 0 Å². The van der Waals surface area contributed by atoms with Gasteiger partial charge in [-0.1, -0.05) is 25.3 Å². The summed E-state index contributed by atoms with van der Waals surface area (Å²) in [4.78, 5) is 33.6. The fourth-order valence-electron chi connectivity index (χ4n) is 4.77. The third kappa shape index (κ3) is 5.16. The lowest BCUT2D eigenvalue weighted by Crippen LogP contribution is -2.62. The Morgan fingerprint density at radius 3 is 2.53 bits per heavy atom. The fraction of sp³-hybridized carbons (Fsp3) is 0.783. The molecule has 7 nitrogen and oxygen atoms in total. The SMILES string of the molecule is C=CCCCN1C(=O)N=C(NC2CCCCC2)C12CCN(C(=O)OC(C)(C)C)CC2. The number of amides is 3. The molecule has 1 saturated heterocycles. The third-order valence-corrected chi connectivity index (χ3v) is 6.37. The maximum Gasteiger partial charge on any atom is 0.410 e. The number of amidine groups is 1. The van der Waals surface area contributed by atoms with E-state index < -0.39 is 11.1 Å². The van der Waals surface area contributed by atoms with E-state index in [9.17, 15) is 9.59 Å². The van der Waals surface area contributed by atoms with E-state index in [1.807, 2.05) is 31.7 Å². The van der Waals surface area contributed by atoms with Gasteiger partial charge < -0.3 is 19.9 Å². The molecule has 7 heteroatoms. The van der Waals surface area contributed by atoms with Gasteiger partial charge in [-0.25, -0.2) is 9.59 Å². The van der Waals surface area contributed by atoms with Crippen LogP contribution in [-0.4, -0.2) is 64.6 Å². The lowest BCUT2D eigenvalue weighted by Gasteiger charge is -2.45. The topological polar surface area (TPSA) is 74.2 Å². The van der Waals surface area contributed by atoms with Crippen molar-refractivity contribution in [3.05, 3.63) is 12.7 Å². The molecule has 1 aliphatic carbocycles. The van der Waals surface area contributed by atoms with Crippen LogP contribution < -0.4 is 5.32 Å². The number of hydrogen-bond donors (Lipinski definition) is 1. The molecule has 0 unspecified atom stereocenters. The number of ether oxygens (including phenoxy) is 1. The van der Waals surface area contributed by atoms with Crippen LogP contribution in [0, 0.1) is 0 Å². The minimum atomic E-state index is -0.512. The third-order valence-electron chi connectivity index (χ3n) is 6.37. The standard InChI is InChI=1S/C23H38N4O3/c1-5-6-10-15-27-20(28)25-19(24-18-11-8-7-9-12-18)23(27)13-16-26(17-14-23)21(29)30-22(2,3)4/h5,18H,1,6-17H2,2-4H3,(H,24,25,28). The Labute approximate surface area is 180 Å². The first-order valence-corrected chi connectivity index (χ1v) is 11.5. The smallest absolute Gasteiger partial charge is 0.410 e. The van der Waals surface area contributed by atoms with Crippen LogP contribution in [0.25, 0.3) is 0 Å². The molecule has 3 amide bonds. The molecule has 168 valence electrons. The highest BCUT2D eigenvalue weighted by Crippen LogP contribution is 2.36. The van der Waals surface area contributed by atoms with Gasteiger partial charge in [0.2, 0.25) is 0 Å². The zero-order valence-corrected chi connectivity index (χ0v) is 18.9. The number of carbonyl (C=O) groups excluding carboxylic acids is 2. The maximum absolute atomic E-state index is 12.9. The van der Waals surface area contributed by atoms with E-state index in [-0.39, 0.29) is 12.1 Å². The number of allylic oxidation sites excluding steroid dienone is 1. The Kier molecular flexibility index (Phi) is 7.09. The number of unbranched alkanes of at least 4 members (excludes halogenated alkanes) is 1. The molecule has 0 aromatic heterocycles. The van der Waals surface area contributed by atoms with Crippen molar-refractivity contribution in [1.82, 2.24) is 15.1 Å². The molecule has 0 atom stereocenters. The van der Waals surface area contributed by atoms with Gasteiger partial charge in [0.15, 0.2) is 0 Å². The van der Waals surface area contributed by atoms with E-state index in [1.165, 1.54) is 19.3 Å². The second-order valence-corrected chi connectivity index (χ2v) is 9.80. The molecule has 3 aliphatic rings. The van der Waals surface area contributed by atoms with Crippen LogP contribution in [0.15, 0.2) is 17.6 Å². The molecule has 2 fully saturated rings. The molecule has 1 saturated carbocycles. The minimum Gasteiger partial charge on any atom is -0.444 e. The van der Waals surface area contributed by atoms with Gasteiger partial charge >= 0.3 is 12.1 Å². The Morgan fingerprint density at radius 1 is 1.27 bits per heavy atom.